The third kappa shape index (κ3) is 7.30. The molecule has 392 valence electrons. The second kappa shape index (κ2) is 16.9. The number of nitrogens with zero attached hydrogens (tertiary/aromatic N) is 3. The van der Waals surface area contributed by atoms with Gasteiger partial charge < -0.3 is 14.1 Å². The summed E-state index contributed by atoms with van der Waals surface area (Å²) < 4.78 is 19.6. The van der Waals surface area contributed by atoms with Gasteiger partial charge in [-0.25, -0.2) is 4.57 Å². The van der Waals surface area contributed by atoms with Gasteiger partial charge in [0.15, 0.2) is 16.6 Å². The number of aryl methyl sites for hydroxylation is 2. The number of rotatable bonds is 5. The van der Waals surface area contributed by atoms with E-state index in [0.29, 0.717) is 11.8 Å². The number of fused-ring (bicyclic) bond motifs is 10. The second-order valence-electron chi connectivity index (χ2n) is 27.3. The van der Waals surface area contributed by atoms with Crippen LogP contribution in [0.2, 0.25) is 0 Å². The molecule has 78 heavy (non-hydrogen) atoms. The maximum absolute atomic E-state index is 7.35. The Balaban J connectivity index is 1.06. The van der Waals surface area contributed by atoms with Crippen LogP contribution in [-0.4, -0.2) is 11.3 Å². The monoisotopic (exact) mass is 1020 g/mol. The van der Waals surface area contributed by atoms with Gasteiger partial charge in [0.1, 0.15) is 28.3 Å². The Morgan fingerprint density at radius 1 is 0.564 bits per heavy atom. The molecule has 3 aliphatic rings. The Morgan fingerprint density at radius 3 is 1.90 bits per heavy atom. The second-order valence-corrected chi connectivity index (χ2v) is 27.3. The van der Waals surface area contributed by atoms with Crippen molar-refractivity contribution in [2.75, 3.05) is 4.90 Å². The fraction of sp³-hybridized carbons (Fsp3) is 0.319. The molecule has 2 aromatic heterocycles. The molecule has 0 saturated carbocycles. The quantitative estimate of drug-likeness (QED) is 0.127. The van der Waals surface area contributed by atoms with Crippen molar-refractivity contribution in [3.8, 4) is 39.7 Å². The zero-order valence-electron chi connectivity index (χ0n) is 49.1. The SMILES string of the molecule is Cc1ccc2c(oc3cc(-c4cc5c6c(c4)N4c7ccc(C(C)(C)C)cc7C(C)(C)c7cc(C(C)(C)C)cc(c74)B6c4cc(C(C)(C)C)ccc4O5)ccc32)c1-c1n(-c2c(C(C)C)cccc2C(C)C)c2ccccc2[n+]1C. The molecule has 10 aromatic rings. The van der Waals surface area contributed by atoms with Crippen LogP contribution in [0.1, 0.15) is 160 Å². The summed E-state index contributed by atoms with van der Waals surface area (Å²) in [6.45, 7) is 37.4. The maximum atomic E-state index is 7.35. The number of aromatic nitrogens is 2. The molecular formula is C72H75BN3O2+. The van der Waals surface area contributed by atoms with Gasteiger partial charge >= 0.3 is 0 Å². The van der Waals surface area contributed by atoms with Crippen LogP contribution in [0.4, 0.5) is 17.1 Å². The van der Waals surface area contributed by atoms with Crippen molar-refractivity contribution in [3.05, 3.63) is 178 Å². The van der Waals surface area contributed by atoms with Crippen molar-refractivity contribution in [2.45, 2.75) is 144 Å². The average Bonchev–Trinajstić information content (AvgIpc) is 3.80. The van der Waals surface area contributed by atoms with E-state index in [0.717, 1.165) is 56.0 Å². The summed E-state index contributed by atoms with van der Waals surface area (Å²) in [6, 6.07) is 51.1. The first-order chi connectivity index (χ1) is 36.8. The van der Waals surface area contributed by atoms with E-state index in [1.165, 1.54) is 94.7 Å². The molecule has 0 N–H and O–H groups in total. The highest BCUT2D eigenvalue weighted by molar-refractivity contribution is 6.99. The Labute approximate surface area is 463 Å². The third-order valence-electron chi connectivity index (χ3n) is 18.0. The molecule has 5 heterocycles. The smallest absolute Gasteiger partial charge is 0.299 e. The highest BCUT2D eigenvalue weighted by Crippen LogP contribution is 2.56. The first kappa shape index (κ1) is 50.2. The predicted octanol–water partition coefficient (Wildman–Crippen LogP) is 17.2. The highest BCUT2D eigenvalue weighted by Gasteiger charge is 2.49. The van der Waals surface area contributed by atoms with Crippen LogP contribution in [-0.2, 0) is 28.7 Å². The van der Waals surface area contributed by atoms with Crippen molar-refractivity contribution < 1.29 is 13.7 Å². The molecule has 13 rings (SSSR count). The van der Waals surface area contributed by atoms with Gasteiger partial charge in [-0.2, -0.15) is 4.57 Å². The number of furan rings is 1. The molecule has 0 spiro atoms. The van der Waals surface area contributed by atoms with E-state index >= 15 is 0 Å². The molecule has 6 heteroatoms. The van der Waals surface area contributed by atoms with Crippen LogP contribution < -0.4 is 30.6 Å². The van der Waals surface area contributed by atoms with Crippen LogP contribution in [0.25, 0.3) is 61.2 Å². The van der Waals surface area contributed by atoms with E-state index in [9.17, 15) is 0 Å². The Morgan fingerprint density at radius 2 is 1.21 bits per heavy atom. The molecule has 0 aliphatic carbocycles. The molecule has 0 fully saturated rings. The molecular weight excluding hydrogens is 950 g/mol. The lowest BCUT2D eigenvalue weighted by Crippen LogP contribution is -2.61. The Kier molecular flexibility index (Phi) is 10.8. The van der Waals surface area contributed by atoms with E-state index in [1.807, 2.05) is 0 Å². The van der Waals surface area contributed by atoms with Gasteiger partial charge in [-0.15, -0.1) is 0 Å². The number of ether oxygens (including phenoxy) is 1. The fourth-order valence-corrected chi connectivity index (χ4v) is 13.5. The molecule has 8 aromatic carbocycles. The summed E-state index contributed by atoms with van der Waals surface area (Å²) in [7, 11) is 2.22. The summed E-state index contributed by atoms with van der Waals surface area (Å²) in [5.74, 6) is 3.58. The first-order valence-electron chi connectivity index (χ1n) is 28.6. The minimum Gasteiger partial charge on any atom is -0.458 e. The zero-order chi connectivity index (χ0) is 55.0. The molecule has 0 radical (unpaired) electrons. The van der Waals surface area contributed by atoms with Gasteiger partial charge in [-0.3, -0.25) is 0 Å². The number of hydrogen-bond donors (Lipinski definition) is 0. The fourth-order valence-electron chi connectivity index (χ4n) is 13.5. The largest absolute Gasteiger partial charge is 0.458 e. The average molecular weight is 1030 g/mol. The van der Waals surface area contributed by atoms with Crippen LogP contribution >= 0.6 is 0 Å². The summed E-state index contributed by atoms with van der Waals surface area (Å²) in [5.41, 5.74) is 26.3. The maximum Gasteiger partial charge on any atom is 0.299 e. The lowest BCUT2D eigenvalue weighted by atomic mass is 9.33. The lowest BCUT2D eigenvalue weighted by Gasteiger charge is -2.49. The van der Waals surface area contributed by atoms with Crippen LogP contribution in [0.15, 0.2) is 138 Å². The third-order valence-corrected chi connectivity index (χ3v) is 18.0. The van der Waals surface area contributed by atoms with Crippen molar-refractivity contribution in [2.24, 2.45) is 7.05 Å². The van der Waals surface area contributed by atoms with Crippen LogP contribution in [0.3, 0.4) is 0 Å². The van der Waals surface area contributed by atoms with Gasteiger partial charge in [0.25, 0.3) is 12.5 Å². The van der Waals surface area contributed by atoms with E-state index in [1.54, 1.807) is 0 Å². The zero-order valence-corrected chi connectivity index (χ0v) is 49.1. The van der Waals surface area contributed by atoms with Gasteiger partial charge in [0.2, 0.25) is 0 Å². The standard InChI is InChI=1S/C72H75BN3O2/c1-40(2)48-21-20-22-49(41(3)4)65(48)76-58-24-19-18-23-57(58)74(17)68(76)63-42(5)25-29-51-50-30-26-43(34-61(50)78-67(51)63)44-33-59-64-62(35-44)77-60-32-28-46(70(9,10)11)38-54(60)73(64)55-39-47(71(12,13)14)37-53-66(55)75(59)56-31-27-45(69(6,7)8)36-52(56)72(53,15)16/h18-41H,1-17H3/q+1. The lowest BCUT2D eigenvalue weighted by molar-refractivity contribution is -0.633. The van der Waals surface area contributed by atoms with Crippen LogP contribution in [0, 0.1) is 6.92 Å². The van der Waals surface area contributed by atoms with E-state index in [-0.39, 0.29) is 28.4 Å². The Hall–Kier alpha value is -7.31. The molecule has 0 unspecified atom stereocenters. The number of imidazole rings is 1. The van der Waals surface area contributed by atoms with E-state index < -0.39 is 0 Å². The van der Waals surface area contributed by atoms with Crippen molar-refractivity contribution >= 4 is 73.1 Å². The van der Waals surface area contributed by atoms with Gasteiger partial charge in [-0.05, 0) is 144 Å². The molecule has 0 amide bonds. The normalized spacial score (nSPS) is 14.6. The number of hydrogen-bond acceptors (Lipinski definition) is 3. The van der Waals surface area contributed by atoms with Gasteiger partial charge in [0.05, 0.1) is 12.7 Å². The van der Waals surface area contributed by atoms with Gasteiger partial charge in [-0.1, -0.05) is 189 Å². The molecule has 5 nitrogen and oxygen atoms in total. The summed E-state index contributed by atoms with van der Waals surface area (Å²) in [5, 5.41) is 2.20. The molecule has 0 atom stereocenters. The minimum absolute atomic E-state index is 0.0144. The first-order valence-corrected chi connectivity index (χ1v) is 28.6. The molecule has 0 bridgehead atoms. The number of benzene rings is 8. The van der Waals surface area contributed by atoms with E-state index in [2.05, 4.69) is 265 Å². The topological polar surface area (TPSA) is 34.4 Å². The predicted molar refractivity (Wildman–Crippen MR) is 330 cm³/mol. The van der Waals surface area contributed by atoms with E-state index in [4.69, 9.17) is 9.15 Å². The van der Waals surface area contributed by atoms with Crippen molar-refractivity contribution in [1.82, 2.24) is 4.57 Å². The van der Waals surface area contributed by atoms with Crippen molar-refractivity contribution in [1.29, 1.82) is 0 Å². The number of anilines is 3. The highest BCUT2D eigenvalue weighted by atomic mass is 16.5. The molecule has 3 aliphatic heterocycles. The summed E-state index contributed by atoms with van der Waals surface area (Å²) >= 11 is 0. The Bertz CT molecular complexity index is 4170. The minimum atomic E-state index is -0.277. The van der Waals surface area contributed by atoms with Crippen molar-refractivity contribution in [3.63, 3.8) is 0 Å². The molecule has 0 saturated heterocycles. The number of para-hydroxylation sites is 3. The van der Waals surface area contributed by atoms with Gasteiger partial charge in [0, 0.05) is 38.7 Å². The summed E-state index contributed by atoms with van der Waals surface area (Å²) in [4.78, 5) is 2.61. The summed E-state index contributed by atoms with van der Waals surface area (Å²) in [6.07, 6.45) is 0. The van der Waals surface area contributed by atoms with Crippen LogP contribution in [0.5, 0.6) is 11.5 Å².